The first-order valence-electron chi connectivity index (χ1n) is 6.94. The van der Waals surface area contributed by atoms with Crippen LogP contribution in [0.2, 0.25) is 0 Å². The lowest BCUT2D eigenvalue weighted by atomic mass is 10.2. The van der Waals surface area contributed by atoms with Crippen LogP contribution in [0.15, 0.2) is 53.6 Å². The Morgan fingerprint density at radius 3 is 2.59 bits per heavy atom. The fourth-order valence-electron chi connectivity index (χ4n) is 1.86. The molecule has 0 heterocycles. The van der Waals surface area contributed by atoms with Gasteiger partial charge in [0.1, 0.15) is 5.75 Å². The van der Waals surface area contributed by atoms with Crippen molar-refractivity contribution in [1.29, 1.82) is 0 Å². The summed E-state index contributed by atoms with van der Waals surface area (Å²) in [7, 11) is 1.62. The van der Waals surface area contributed by atoms with Crippen molar-refractivity contribution in [2.45, 2.75) is 6.92 Å². The Morgan fingerprint density at radius 1 is 1.18 bits per heavy atom. The molecular formula is C17H19N3O2. The number of hydrogen-bond donors (Lipinski definition) is 2. The van der Waals surface area contributed by atoms with Gasteiger partial charge < -0.3 is 10.1 Å². The number of nitrogens with zero attached hydrogens (tertiary/aromatic N) is 1. The van der Waals surface area contributed by atoms with Gasteiger partial charge in [0.05, 0.1) is 19.9 Å². The van der Waals surface area contributed by atoms with Gasteiger partial charge in [-0.15, -0.1) is 0 Å². The maximum absolute atomic E-state index is 11.7. The summed E-state index contributed by atoms with van der Waals surface area (Å²) in [5, 5.41) is 7.00. The molecule has 2 N–H and O–H groups in total. The van der Waals surface area contributed by atoms with E-state index in [0.29, 0.717) is 0 Å². The Morgan fingerprint density at radius 2 is 1.91 bits per heavy atom. The molecule has 0 saturated carbocycles. The van der Waals surface area contributed by atoms with E-state index in [1.807, 2.05) is 55.5 Å². The normalized spacial score (nSPS) is 10.5. The van der Waals surface area contributed by atoms with Crippen LogP contribution in [0.5, 0.6) is 5.75 Å². The van der Waals surface area contributed by atoms with Crippen molar-refractivity contribution in [2.24, 2.45) is 5.10 Å². The van der Waals surface area contributed by atoms with Crippen molar-refractivity contribution in [3.63, 3.8) is 0 Å². The van der Waals surface area contributed by atoms with Crippen LogP contribution in [-0.2, 0) is 4.79 Å². The van der Waals surface area contributed by atoms with Gasteiger partial charge in [-0.25, -0.2) is 5.43 Å². The highest BCUT2D eigenvalue weighted by Crippen LogP contribution is 2.12. The van der Waals surface area contributed by atoms with E-state index in [2.05, 4.69) is 15.8 Å². The molecule has 0 fully saturated rings. The van der Waals surface area contributed by atoms with Crippen LogP contribution in [0.4, 0.5) is 5.69 Å². The highest BCUT2D eigenvalue weighted by atomic mass is 16.5. The highest BCUT2D eigenvalue weighted by molar-refractivity contribution is 5.84. The summed E-state index contributed by atoms with van der Waals surface area (Å²) in [6.07, 6.45) is 1.59. The molecule has 0 unspecified atom stereocenters. The molecule has 22 heavy (non-hydrogen) atoms. The molecule has 2 aromatic rings. The molecule has 2 aromatic carbocycles. The maximum Gasteiger partial charge on any atom is 0.259 e. The molecule has 0 aliphatic heterocycles. The average molecular weight is 297 g/mol. The smallest absolute Gasteiger partial charge is 0.259 e. The topological polar surface area (TPSA) is 62.7 Å². The van der Waals surface area contributed by atoms with E-state index in [1.54, 1.807) is 13.3 Å². The fourth-order valence-corrected chi connectivity index (χ4v) is 1.86. The van der Waals surface area contributed by atoms with E-state index in [4.69, 9.17) is 4.74 Å². The third-order valence-corrected chi connectivity index (χ3v) is 3.10. The van der Waals surface area contributed by atoms with Crippen molar-refractivity contribution < 1.29 is 9.53 Å². The lowest BCUT2D eigenvalue weighted by molar-refractivity contribution is -0.119. The summed E-state index contributed by atoms with van der Waals surface area (Å²) in [5.41, 5.74) is 5.40. The van der Waals surface area contributed by atoms with Crippen LogP contribution in [0.3, 0.4) is 0 Å². The van der Waals surface area contributed by atoms with Crippen LogP contribution in [0.25, 0.3) is 0 Å². The first-order chi connectivity index (χ1) is 10.7. The minimum absolute atomic E-state index is 0.171. The number of amides is 1. The summed E-state index contributed by atoms with van der Waals surface area (Å²) in [4.78, 5) is 11.7. The average Bonchev–Trinajstić information content (AvgIpc) is 2.55. The zero-order chi connectivity index (χ0) is 15.8. The number of benzene rings is 2. The van der Waals surface area contributed by atoms with Gasteiger partial charge in [0.15, 0.2) is 0 Å². The zero-order valence-electron chi connectivity index (χ0n) is 12.7. The predicted molar refractivity (Wildman–Crippen MR) is 88.4 cm³/mol. The second kappa shape index (κ2) is 7.83. The van der Waals surface area contributed by atoms with E-state index in [-0.39, 0.29) is 12.5 Å². The number of carbonyl (C=O) groups is 1. The number of methoxy groups -OCH3 is 1. The van der Waals surface area contributed by atoms with Crippen LogP contribution < -0.4 is 15.5 Å². The first kappa shape index (κ1) is 15.6. The number of carbonyl (C=O) groups excluding carboxylic acids is 1. The molecule has 114 valence electrons. The number of nitrogens with one attached hydrogen (secondary N) is 2. The van der Waals surface area contributed by atoms with Crippen molar-refractivity contribution in [2.75, 3.05) is 19.0 Å². The van der Waals surface area contributed by atoms with Gasteiger partial charge >= 0.3 is 0 Å². The molecule has 0 aliphatic carbocycles. The second-order valence-electron chi connectivity index (χ2n) is 4.73. The largest absolute Gasteiger partial charge is 0.497 e. The highest BCUT2D eigenvalue weighted by Gasteiger charge is 2.01. The lowest BCUT2D eigenvalue weighted by Crippen LogP contribution is -2.26. The molecule has 1 amide bonds. The van der Waals surface area contributed by atoms with Gasteiger partial charge in [0.2, 0.25) is 0 Å². The molecule has 0 bridgehead atoms. The monoisotopic (exact) mass is 297 g/mol. The van der Waals surface area contributed by atoms with Crippen LogP contribution in [0, 0.1) is 6.92 Å². The number of para-hydroxylation sites is 1. The SMILES string of the molecule is COc1ccc(/C=N\NC(=O)CNc2ccccc2C)cc1. The van der Waals surface area contributed by atoms with Crippen LogP contribution in [-0.4, -0.2) is 25.8 Å². The molecule has 5 heteroatoms. The van der Waals surface area contributed by atoms with Crippen molar-refractivity contribution >= 4 is 17.8 Å². The number of hydrazone groups is 1. The molecule has 0 radical (unpaired) electrons. The molecule has 2 rings (SSSR count). The Bertz CT molecular complexity index is 651. The molecule has 0 aromatic heterocycles. The third kappa shape index (κ3) is 4.63. The molecule has 0 atom stereocenters. The van der Waals surface area contributed by atoms with E-state index in [0.717, 1.165) is 22.6 Å². The molecule has 0 saturated heterocycles. The summed E-state index contributed by atoms with van der Waals surface area (Å²) in [5.74, 6) is 0.580. The Balaban J connectivity index is 1.79. The second-order valence-corrected chi connectivity index (χ2v) is 4.73. The van der Waals surface area contributed by atoms with E-state index < -0.39 is 0 Å². The quantitative estimate of drug-likeness (QED) is 0.636. The molecule has 0 spiro atoms. The lowest BCUT2D eigenvalue weighted by Gasteiger charge is -2.07. The van der Waals surface area contributed by atoms with E-state index in [1.165, 1.54) is 0 Å². The fraction of sp³-hybridized carbons (Fsp3) is 0.176. The van der Waals surface area contributed by atoms with Gasteiger partial charge in [-0.05, 0) is 48.4 Å². The standard InChI is InChI=1S/C17H19N3O2/c1-13-5-3-4-6-16(13)18-12-17(21)20-19-11-14-7-9-15(22-2)10-8-14/h3-11,18H,12H2,1-2H3,(H,20,21)/b19-11-. The summed E-state index contributed by atoms with van der Waals surface area (Å²) in [6, 6.07) is 15.2. The Kier molecular flexibility index (Phi) is 5.54. The van der Waals surface area contributed by atoms with E-state index in [9.17, 15) is 4.79 Å². The molecule has 5 nitrogen and oxygen atoms in total. The Hall–Kier alpha value is -2.82. The summed E-state index contributed by atoms with van der Waals surface area (Å²) in [6.45, 7) is 2.16. The zero-order valence-corrected chi connectivity index (χ0v) is 12.7. The van der Waals surface area contributed by atoms with Gasteiger partial charge in [-0.2, -0.15) is 5.10 Å². The van der Waals surface area contributed by atoms with Crippen molar-refractivity contribution in [1.82, 2.24) is 5.43 Å². The number of aryl methyl sites for hydroxylation is 1. The summed E-state index contributed by atoms with van der Waals surface area (Å²) < 4.78 is 5.07. The number of rotatable bonds is 6. The van der Waals surface area contributed by atoms with Crippen molar-refractivity contribution in [3.05, 3.63) is 59.7 Å². The minimum atomic E-state index is -0.201. The maximum atomic E-state index is 11.7. The molecule has 0 aliphatic rings. The number of anilines is 1. The minimum Gasteiger partial charge on any atom is -0.497 e. The van der Waals surface area contributed by atoms with Crippen LogP contribution in [0.1, 0.15) is 11.1 Å². The first-order valence-corrected chi connectivity index (χ1v) is 6.94. The Labute approximate surface area is 130 Å². The number of hydrogen-bond acceptors (Lipinski definition) is 4. The molecular weight excluding hydrogens is 278 g/mol. The predicted octanol–water partition coefficient (Wildman–Crippen LogP) is 2.57. The van der Waals surface area contributed by atoms with Gasteiger partial charge in [-0.1, -0.05) is 18.2 Å². The van der Waals surface area contributed by atoms with Gasteiger partial charge in [0.25, 0.3) is 5.91 Å². The van der Waals surface area contributed by atoms with Crippen LogP contribution >= 0.6 is 0 Å². The summed E-state index contributed by atoms with van der Waals surface area (Å²) >= 11 is 0. The third-order valence-electron chi connectivity index (χ3n) is 3.10. The van der Waals surface area contributed by atoms with Gasteiger partial charge in [-0.3, -0.25) is 4.79 Å². The van der Waals surface area contributed by atoms with Crippen molar-refractivity contribution in [3.8, 4) is 5.75 Å². The number of ether oxygens (including phenoxy) is 1. The van der Waals surface area contributed by atoms with E-state index >= 15 is 0 Å². The van der Waals surface area contributed by atoms with Gasteiger partial charge in [0, 0.05) is 5.69 Å².